The number of nitrogens with zero attached hydrogens (tertiary/aromatic N) is 3. The van der Waals surface area contributed by atoms with Crippen LogP contribution >= 0.6 is 11.5 Å². The molecule has 1 N–H and O–H groups in total. The minimum atomic E-state index is -0.0460. The van der Waals surface area contributed by atoms with Crippen LogP contribution in [-0.4, -0.2) is 52.0 Å². The van der Waals surface area contributed by atoms with Gasteiger partial charge in [-0.2, -0.15) is 0 Å². The van der Waals surface area contributed by atoms with E-state index in [1.54, 1.807) is 0 Å². The molecular formula is C8H13N3O2S. The summed E-state index contributed by atoms with van der Waals surface area (Å²) in [6, 6.07) is 0. The third-order valence-electron chi connectivity index (χ3n) is 2.22. The Hall–Kier alpha value is -0.560. The molecular weight excluding hydrogens is 202 g/mol. The Morgan fingerprint density at radius 2 is 2.64 bits per heavy atom. The molecule has 0 saturated carbocycles. The molecule has 5 nitrogen and oxygen atoms in total. The van der Waals surface area contributed by atoms with Crippen LogP contribution in [0.5, 0.6) is 0 Å². The van der Waals surface area contributed by atoms with Gasteiger partial charge in [0.05, 0.1) is 25.0 Å². The highest BCUT2D eigenvalue weighted by Crippen LogP contribution is 2.09. The van der Waals surface area contributed by atoms with Crippen LogP contribution in [0.15, 0.2) is 5.38 Å². The molecule has 6 heteroatoms. The summed E-state index contributed by atoms with van der Waals surface area (Å²) in [4.78, 5) is 2.22. The van der Waals surface area contributed by atoms with Gasteiger partial charge in [0, 0.05) is 25.0 Å². The summed E-state index contributed by atoms with van der Waals surface area (Å²) in [5, 5.41) is 14.9. The maximum absolute atomic E-state index is 8.96. The molecule has 0 bridgehead atoms. The lowest BCUT2D eigenvalue weighted by Gasteiger charge is -2.31. The van der Waals surface area contributed by atoms with Gasteiger partial charge in [0.2, 0.25) is 0 Å². The first-order valence-corrected chi connectivity index (χ1v) is 5.43. The zero-order valence-corrected chi connectivity index (χ0v) is 8.61. The predicted octanol–water partition coefficient (Wildman–Crippen LogP) is -0.269. The molecule has 1 saturated heterocycles. The maximum atomic E-state index is 8.96. The average Bonchev–Trinajstić information content (AvgIpc) is 2.71. The fourth-order valence-electron chi connectivity index (χ4n) is 1.52. The molecule has 1 fully saturated rings. The van der Waals surface area contributed by atoms with E-state index in [1.807, 2.05) is 5.38 Å². The summed E-state index contributed by atoms with van der Waals surface area (Å²) in [5.74, 6) is 0. The van der Waals surface area contributed by atoms with E-state index in [4.69, 9.17) is 9.84 Å². The summed E-state index contributed by atoms with van der Waals surface area (Å²) in [5.41, 5.74) is 0.994. The van der Waals surface area contributed by atoms with Crippen LogP contribution < -0.4 is 0 Å². The Balaban J connectivity index is 1.86. The zero-order valence-electron chi connectivity index (χ0n) is 7.80. The molecule has 0 aromatic carbocycles. The third kappa shape index (κ3) is 2.48. The van der Waals surface area contributed by atoms with E-state index in [-0.39, 0.29) is 12.7 Å². The van der Waals surface area contributed by atoms with E-state index in [1.165, 1.54) is 11.5 Å². The Morgan fingerprint density at radius 1 is 1.71 bits per heavy atom. The molecule has 1 atom stereocenters. The zero-order chi connectivity index (χ0) is 9.80. The number of aliphatic hydroxyl groups is 1. The van der Waals surface area contributed by atoms with Crippen molar-refractivity contribution in [3.63, 3.8) is 0 Å². The average molecular weight is 215 g/mol. The van der Waals surface area contributed by atoms with E-state index in [0.29, 0.717) is 6.61 Å². The van der Waals surface area contributed by atoms with Gasteiger partial charge in [0.25, 0.3) is 0 Å². The minimum Gasteiger partial charge on any atom is -0.394 e. The number of rotatable bonds is 3. The molecule has 0 aliphatic carbocycles. The molecule has 1 aromatic heterocycles. The molecule has 2 rings (SSSR count). The van der Waals surface area contributed by atoms with Gasteiger partial charge in [-0.15, -0.1) is 5.10 Å². The van der Waals surface area contributed by atoms with E-state index >= 15 is 0 Å². The molecule has 1 aromatic rings. The highest BCUT2D eigenvalue weighted by Gasteiger charge is 2.19. The standard InChI is InChI=1S/C8H13N3O2S/c12-5-8-4-11(1-2-13-8)3-7-6-14-10-9-7/h6,8,12H,1-5H2. The number of hydrogen-bond acceptors (Lipinski definition) is 6. The lowest BCUT2D eigenvalue weighted by molar-refractivity contribution is -0.0553. The normalized spacial score (nSPS) is 23.9. The van der Waals surface area contributed by atoms with Crippen molar-refractivity contribution >= 4 is 11.5 Å². The fourth-order valence-corrected chi connectivity index (χ4v) is 1.96. The van der Waals surface area contributed by atoms with Gasteiger partial charge in [0.15, 0.2) is 0 Å². The number of hydrogen-bond donors (Lipinski definition) is 1. The van der Waals surface area contributed by atoms with E-state index in [2.05, 4.69) is 14.5 Å². The Bertz CT molecular complexity index is 268. The van der Waals surface area contributed by atoms with Crippen molar-refractivity contribution in [2.75, 3.05) is 26.3 Å². The van der Waals surface area contributed by atoms with Crippen LogP contribution in [0.3, 0.4) is 0 Å². The predicted molar refractivity (Wildman–Crippen MR) is 52.0 cm³/mol. The van der Waals surface area contributed by atoms with Crippen molar-refractivity contribution in [1.29, 1.82) is 0 Å². The smallest absolute Gasteiger partial charge is 0.0933 e. The van der Waals surface area contributed by atoms with Gasteiger partial charge in [-0.05, 0) is 11.5 Å². The Kier molecular flexibility index (Phi) is 3.41. The third-order valence-corrected chi connectivity index (χ3v) is 2.77. The fraction of sp³-hybridized carbons (Fsp3) is 0.750. The molecule has 2 heterocycles. The largest absolute Gasteiger partial charge is 0.394 e. The topological polar surface area (TPSA) is 58.5 Å². The molecule has 0 spiro atoms. The first-order valence-electron chi connectivity index (χ1n) is 4.59. The van der Waals surface area contributed by atoms with E-state index in [9.17, 15) is 0 Å². The maximum Gasteiger partial charge on any atom is 0.0933 e. The summed E-state index contributed by atoms with van der Waals surface area (Å²) in [6.07, 6.45) is -0.0460. The monoisotopic (exact) mass is 215 g/mol. The second-order valence-corrected chi connectivity index (χ2v) is 3.92. The van der Waals surface area contributed by atoms with Gasteiger partial charge >= 0.3 is 0 Å². The Morgan fingerprint density at radius 3 is 3.36 bits per heavy atom. The molecule has 1 unspecified atom stereocenters. The number of aliphatic hydroxyl groups excluding tert-OH is 1. The quantitative estimate of drug-likeness (QED) is 0.752. The lowest BCUT2D eigenvalue weighted by atomic mass is 10.3. The van der Waals surface area contributed by atoms with Crippen LogP contribution in [0.4, 0.5) is 0 Å². The van der Waals surface area contributed by atoms with Crippen molar-refractivity contribution < 1.29 is 9.84 Å². The van der Waals surface area contributed by atoms with Crippen LogP contribution in [0.25, 0.3) is 0 Å². The molecule has 78 valence electrons. The highest BCUT2D eigenvalue weighted by atomic mass is 32.1. The van der Waals surface area contributed by atoms with Crippen molar-refractivity contribution in [1.82, 2.24) is 14.5 Å². The minimum absolute atomic E-state index is 0.0460. The summed E-state index contributed by atoms with van der Waals surface area (Å²) in [7, 11) is 0. The lowest BCUT2D eigenvalue weighted by Crippen LogP contribution is -2.43. The second-order valence-electron chi connectivity index (χ2n) is 3.31. The van der Waals surface area contributed by atoms with Crippen LogP contribution in [0.2, 0.25) is 0 Å². The summed E-state index contributed by atoms with van der Waals surface area (Å²) in [6.45, 7) is 3.24. The van der Waals surface area contributed by atoms with Crippen LogP contribution in [0.1, 0.15) is 5.69 Å². The van der Waals surface area contributed by atoms with E-state index in [0.717, 1.165) is 25.3 Å². The Labute approximate surface area is 86.5 Å². The molecule has 1 aliphatic rings. The van der Waals surface area contributed by atoms with Crippen LogP contribution in [0, 0.1) is 0 Å². The summed E-state index contributed by atoms with van der Waals surface area (Å²) < 4.78 is 9.16. The first kappa shape index (κ1) is 9.97. The molecule has 1 aliphatic heterocycles. The number of morpholine rings is 1. The van der Waals surface area contributed by atoms with Gasteiger partial charge in [-0.3, -0.25) is 4.90 Å². The van der Waals surface area contributed by atoms with Crippen molar-refractivity contribution in [3.05, 3.63) is 11.1 Å². The van der Waals surface area contributed by atoms with Crippen LogP contribution in [-0.2, 0) is 11.3 Å². The second kappa shape index (κ2) is 4.79. The van der Waals surface area contributed by atoms with Crippen molar-refractivity contribution in [3.8, 4) is 0 Å². The SMILES string of the molecule is OCC1CN(Cc2csnn2)CCO1. The van der Waals surface area contributed by atoms with Crippen molar-refractivity contribution in [2.45, 2.75) is 12.6 Å². The van der Waals surface area contributed by atoms with Gasteiger partial charge in [-0.25, -0.2) is 0 Å². The van der Waals surface area contributed by atoms with Gasteiger partial charge in [0.1, 0.15) is 0 Å². The molecule has 0 amide bonds. The van der Waals surface area contributed by atoms with Crippen molar-refractivity contribution in [2.24, 2.45) is 0 Å². The van der Waals surface area contributed by atoms with Gasteiger partial charge in [-0.1, -0.05) is 4.49 Å². The summed E-state index contributed by atoms with van der Waals surface area (Å²) >= 11 is 1.37. The number of aromatic nitrogens is 2. The first-order chi connectivity index (χ1) is 6.88. The molecule has 14 heavy (non-hydrogen) atoms. The molecule has 0 radical (unpaired) electrons. The number of ether oxygens (including phenoxy) is 1. The highest BCUT2D eigenvalue weighted by molar-refractivity contribution is 7.03. The van der Waals surface area contributed by atoms with Gasteiger partial charge < -0.3 is 9.84 Å². The van der Waals surface area contributed by atoms with E-state index < -0.39 is 0 Å².